The zero-order chi connectivity index (χ0) is 27.8. The number of halogens is 6. The van der Waals surface area contributed by atoms with E-state index in [0.717, 1.165) is 16.8 Å². The van der Waals surface area contributed by atoms with Crippen molar-refractivity contribution in [3.8, 4) is 0 Å². The molecule has 0 saturated heterocycles. The molecule has 0 fully saturated rings. The number of carboxylic acids is 1. The Hall–Kier alpha value is -4.03. The highest BCUT2D eigenvalue weighted by Crippen LogP contribution is 2.39. The van der Waals surface area contributed by atoms with Crippen LogP contribution in [0.1, 0.15) is 51.3 Å². The zero-order valence-corrected chi connectivity index (χ0v) is 19.9. The van der Waals surface area contributed by atoms with Crippen molar-refractivity contribution >= 4 is 17.7 Å². The number of aromatic nitrogens is 2. The molecule has 0 spiro atoms. The van der Waals surface area contributed by atoms with E-state index in [-0.39, 0.29) is 37.4 Å². The Morgan fingerprint density at radius 3 is 2.29 bits per heavy atom. The van der Waals surface area contributed by atoms with Crippen molar-refractivity contribution in [2.45, 2.75) is 44.8 Å². The van der Waals surface area contributed by atoms with E-state index in [1.165, 1.54) is 17.0 Å². The van der Waals surface area contributed by atoms with E-state index < -0.39 is 47.1 Å². The van der Waals surface area contributed by atoms with Crippen LogP contribution in [0.4, 0.5) is 32.2 Å². The number of nitrogens with zero attached hydrogens (tertiary/aromatic N) is 3. The van der Waals surface area contributed by atoms with Crippen LogP contribution in [0.3, 0.4) is 0 Å². The Morgan fingerprint density at radius 2 is 1.68 bits per heavy atom. The molecule has 0 bridgehead atoms. The molecule has 1 amide bonds. The van der Waals surface area contributed by atoms with Crippen LogP contribution in [0.15, 0.2) is 48.5 Å². The van der Waals surface area contributed by atoms with Gasteiger partial charge < -0.3 is 15.3 Å². The van der Waals surface area contributed by atoms with Gasteiger partial charge in [-0.05, 0) is 35.7 Å². The van der Waals surface area contributed by atoms with Crippen LogP contribution in [0, 0.1) is 0 Å². The predicted octanol–water partition coefficient (Wildman–Crippen LogP) is 5.06. The molecule has 0 radical (unpaired) electrons. The van der Waals surface area contributed by atoms with Gasteiger partial charge in [-0.3, -0.25) is 9.59 Å². The number of benzene rings is 2. The van der Waals surface area contributed by atoms with Gasteiger partial charge >= 0.3 is 18.3 Å². The molecular formula is C25H22F6N4O3. The number of hydrogen-bond acceptors (Lipinski definition) is 4. The number of aliphatic carboxylic acids is 1. The minimum atomic E-state index is -4.95. The summed E-state index contributed by atoms with van der Waals surface area (Å²) < 4.78 is 82.0. The monoisotopic (exact) mass is 540 g/mol. The lowest BCUT2D eigenvalue weighted by atomic mass is 10.0. The Bertz CT molecular complexity index is 1350. The summed E-state index contributed by atoms with van der Waals surface area (Å²) in [7, 11) is 0. The van der Waals surface area contributed by atoms with Crippen molar-refractivity contribution in [2.24, 2.45) is 0 Å². The first-order valence-electron chi connectivity index (χ1n) is 11.4. The van der Waals surface area contributed by atoms with E-state index in [1.54, 1.807) is 31.2 Å². The molecule has 1 unspecified atom stereocenters. The van der Waals surface area contributed by atoms with E-state index in [9.17, 15) is 35.9 Å². The largest absolute Gasteiger partial charge is 0.481 e. The number of alkyl halides is 6. The Morgan fingerprint density at radius 1 is 1.00 bits per heavy atom. The average molecular weight is 540 g/mol. The van der Waals surface area contributed by atoms with Crippen LogP contribution in [0.25, 0.3) is 0 Å². The molecule has 0 saturated carbocycles. The third kappa shape index (κ3) is 5.76. The van der Waals surface area contributed by atoms with Crippen LogP contribution in [0.5, 0.6) is 0 Å². The average Bonchev–Trinajstić information content (AvgIpc) is 3.39. The minimum absolute atomic E-state index is 0.0191. The van der Waals surface area contributed by atoms with Crippen molar-refractivity contribution < 1.29 is 41.0 Å². The maximum absolute atomic E-state index is 13.9. The standard InChI is InChI=1S/C25H22F6N4O3/c1-14(17-7-5-15(6-8-17)12-19(36)37)32-22(38)20-21(25(29,30)31)33-35-10-9-34(23(20)35)13-16-3-2-4-18(11-16)24(26,27)28/h2-8,11,14H,9-10,12-13H2,1H3,(H,32,38)(H,36,37). The fourth-order valence-corrected chi connectivity index (χ4v) is 4.33. The number of anilines is 1. The maximum Gasteiger partial charge on any atom is 0.436 e. The molecule has 2 aromatic carbocycles. The first-order valence-corrected chi connectivity index (χ1v) is 11.4. The molecule has 0 aliphatic carbocycles. The summed E-state index contributed by atoms with van der Waals surface area (Å²) in [4.78, 5) is 25.5. The molecule has 7 nitrogen and oxygen atoms in total. The predicted molar refractivity (Wildman–Crippen MR) is 123 cm³/mol. The van der Waals surface area contributed by atoms with Gasteiger partial charge in [0.25, 0.3) is 5.91 Å². The van der Waals surface area contributed by atoms with Crippen molar-refractivity contribution in [1.29, 1.82) is 0 Å². The SMILES string of the molecule is CC(NC(=O)c1c(C(F)(F)F)nn2c1N(Cc1cccc(C(F)(F)F)c1)CC2)c1ccc(CC(=O)O)cc1. The van der Waals surface area contributed by atoms with Gasteiger partial charge in [-0.2, -0.15) is 31.4 Å². The number of hydrogen-bond donors (Lipinski definition) is 2. The number of carbonyl (C=O) groups is 2. The van der Waals surface area contributed by atoms with Crippen LogP contribution >= 0.6 is 0 Å². The first-order chi connectivity index (χ1) is 17.7. The number of amides is 1. The fraction of sp³-hybridized carbons (Fsp3) is 0.320. The molecule has 2 N–H and O–H groups in total. The second-order valence-corrected chi connectivity index (χ2v) is 8.90. The minimum Gasteiger partial charge on any atom is -0.481 e. The lowest BCUT2D eigenvalue weighted by Crippen LogP contribution is -2.31. The number of nitrogens with one attached hydrogen (secondary N) is 1. The summed E-state index contributed by atoms with van der Waals surface area (Å²) in [6.45, 7) is 1.57. The van der Waals surface area contributed by atoms with E-state index >= 15 is 0 Å². The van der Waals surface area contributed by atoms with Crippen molar-refractivity contribution in [2.75, 3.05) is 11.4 Å². The molecule has 38 heavy (non-hydrogen) atoms. The number of carboxylic acid groups (broad SMARTS) is 1. The van der Waals surface area contributed by atoms with Gasteiger partial charge in [0.05, 0.1) is 24.6 Å². The molecule has 1 aliphatic heterocycles. The molecule has 2 heterocycles. The van der Waals surface area contributed by atoms with Gasteiger partial charge in [-0.15, -0.1) is 0 Å². The van der Waals surface area contributed by atoms with Crippen LogP contribution in [-0.4, -0.2) is 33.3 Å². The van der Waals surface area contributed by atoms with E-state index in [2.05, 4.69) is 10.4 Å². The summed E-state index contributed by atoms with van der Waals surface area (Å²) in [5.74, 6) is -2.20. The van der Waals surface area contributed by atoms with Crippen LogP contribution in [0.2, 0.25) is 0 Å². The van der Waals surface area contributed by atoms with Gasteiger partial charge in [0.2, 0.25) is 0 Å². The smallest absolute Gasteiger partial charge is 0.436 e. The van der Waals surface area contributed by atoms with Gasteiger partial charge in [-0.25, -0.2) is 4.68 Å². The molecule has 1 aliphatic rings. The Kier molecular flexibility index (Phi) is 7.13. The Balaban J connectivity index is 1.62. The Labute approximate surface area is 212 Å². The number of carbonyl (C=O) groups excluding carboxylic acids is 1. The second kappa shape index (κ2) is 10.0. The van der Waals surface area contributed by atoms with Crippen LogP contribution < -0.4 is 10.2 Å². The lowest BCUT2D eigenvalue weighted by Gasteiger charge is -2.21. The van der Waals surface area contributed by atoms with Crippen LogP contribution in [-0.2, 0) is 36.7 Å². The molecule has 202 valence electrons. The fourth-order valence-electron chi connectivity index (χ4n) is 4.33. The maximum atomic E-state index is 13.9. The molecule has 4 rings (SSSR count). The first kappa shape index (κ1) is 27.0. The van der Waals surface area contributed by atoms with E-state index in [4.69, 9.17) is 5.11 Å². The summed E-state index contributed by atoms with van der Waals surface area (Å²) in [5, 5.41) is 15.0. The topological polar surface area (TPSA) is 87.5 Å². The van der Waals surface area contributed by atoms with Gasteiger partial charge in [-0.1, -0.05) is 36.4 Å². The number of fused-ring (bicyclic) bond motifs is 1. The van der Waals surface area contributed by atoms with Gasteiger partial charge in [0.1, 0.15) is 11.4 Å². The van der Waals surface area contributed by atoms with Gasteiger partial charge in [0.15, 0.2) is 5.69 Å². The highest BCUT2D eigenvalue weighted by Gasteiger charge is 2.44. The highest BCUT2D eigenvalue weighted by atomic mass is 19.4. The highest BCUT2D eigenvalue weighted by molar-refractivity contribution is 6.01. The third-order valence-corrected chi connectivity index (χ3v) is 6.11. The van der Waals surface area contributed by atoms with Gasteiger partial charge in [0, 0.05) is 13.1 Å². The van der Waals surface area contributed by atoms with Crippen molar-refractivity contribution in [3.05, 3.63) is 82.0 Å². The third-order valence-electron chi connectivity index (χ3n) is 6.11. The number of rotatable bonds is 7. The van der Waals surface area contributed by atoms with E-state index in [0.29, 0.717) is 11.1 Å². The molecular weight excluding hydrogens is 518 g/mol. The molecule has 1 aromatic heterocycles. The molecule has 1 atom stereocenters. The summed E-state index contributed by atoms with van der Waals surface area (Å²) >= 11 is 0. The molecule has 3 aromatic rings. The zero-order valence-electron chi connectivity index (χ0n) is 19.9. The van der Waals surface area contributed by atoms with Crippen molar-refractivity contribution in [3.63, 3.8) is 0 Å². The summed E-state index contributed by atoms with van der Waals surface area (Å²) in [6, 6.07) is 9.93. The quantitative estimate of drug-likeness (QED) is 0.410. The summed E-state index contributed by atoms with van der Waals surface area (Å²) in [5.41, 5.74) is -1.73. The van der Waals surface area contributed by atoms with E-state index in [1.807, 2.05) is 0 Å². The summed E-state index contributed by atoms with van der Waals surface area (Å²) in [6.07, 6.45) is -9.74. The second-order valence-electron chi connectivity index (χ2n) is 8.90. The molecule has 13 heteroatoms. The van der Waals surface area contributed by atoms with Crippen molar-refractivity contribution in [1.82, 2.24) is 15.1 Å². The normalized spacial score (nSPS) is 14.3. The lowest BCUT2D eigenvalue weighted by molar-refractivity contribution is -0.142.